The van der Waals surface area contributed by atoms with E-state index in [1.54, 1.807) is 30.3 Å². The van der Waals surface area contributed by atoms with Crippen molar-refractivity contribution in [2.75, 3.05) is 12.0 Å². The molecule has 0 spiro atoms. The average molecular weight is 524 g/mol. The number of ketones is 1. The van der Waals surface area contributed by atoms with Crippen molar-refractivity contribution in [1.29, 1.82) is 0 Å². The molecule has 39 heavy (non-hydrogen) atoms. The summed E-state index contributed by atoms with van der Waals surface area (Å²) in [6.45, 7) is 0. The number of imidazole rings is 1. The highest BCUT2D eigenvalue weighted by Crippen LogP contribution is 2.42. The number of hydrogen-bond donors (Lipinski definition) is 3. The molecule has 1 unspecified atom stereocenters. The quantitative estimate of drug-likeness (QED) is 0.195. The first-order valence-corrected chi connectivity index (χ1v) is 12.7. The van der Waals surface area contributed by atoms with Gasteiger partial charge in [0.25, 0.3) is 5.78 Å². The Morgan fingerprint density at radius 3 is 2.51 bits per heavy atom. The molecule has 1 atom stereocenters. The zero-order valence-electron chi connectivity index (χ0n) is 21.1. The Labute approximate surface area is 223 Å². The number of rotatable bonds is 5. The number of H-pyrrole nitrogens is 1. The zero-order chi connectivity index (χ0) is 27.3. The number of Topliss-reactive ketones (excluding diaryl/α,β-unsaturated/α-hetero) is 1. The van der Waals surface area contributed by atoms with E-state index in [0.29, 0.717) is 27.9 Å². The lowest BCUT2D eigenvalue weighted by Crippen LogP contribution is -2.30. The Bertz CT molecular complexity index is 1700. The molecular formula is C30H25N3O6. The number of nitrogens with zero attached hydrogens (tertiary/aromatic N) is 2. The van der Waals surface area contributed by atoms with Crippen molar-refractivity contribution in [3.63, 3.8) is 0 Å². The fraction of sp³-hybridized carbons (Fsp3) is 0.200. The van der Waals surface area contributed by atoms with Gasteiger partial charge in [-0.3, -0.25) is 14.5 Å². The molecule has 9 nitrogen and oxygen atoms in total. The highest BCUT2D eigenvalue weighted by atomic mass is 16.5. The number of hydrogen-bond acceptors (Lipinski definition) is 6. The summed E-state index contributed by atoms with van der Waals surface area (Å²) in [7, 11) is 1.52. The SMILES string of the molecule is COc1cccc(C2/C(=C(\O)c3ccc4c(c3)CCCC4)C(=O)C(=O)N2c2nc3ccc(C(=O)O)cc3[nH]2)c1. The lowest BCUT2D eigenvalue weighted by Gasteiger charge is -2.23. The molecule has 1 fully saturated rings. The molecule has 0 saturated carbocycles. The molecule has 3 aromatic carbocycles. The number of aliphatic hydroxyl groups is 1. The normalized spacial score (nSPS) is 18.4. The van der Waals surface area contributed by atoms with Crippen molar-refractivity contribution in [2.45, 2.75) is 31.7 Å². The highest BCUT2D eigenvalue weighted by Gasteiger charge is 2.48. The van der Waals surface area contributed by atoms with Crippen LogP contribution in [0.1, 0.15) is 51.5 Å². The van der Waals surface area contributed by atoms with Crippen molar-refractivity contribution in [2.24, 2.45) is 0 Å². The van der Waals surface area contributed by atoms with Crippen LogP contribution in [0, 0.1) is 0 Å². The summed E-state index contributed by atoms with van der Waals surface area (Å²) in [5, 5.41) is 20.9. The standard InChI is InChI=1S/C30H25N3O6/c1-39-21-8-4-7-18(14-21)25-24(26(34)19-10-9-16-5-2-3-6-17(16)13-19)27(35)28(36)33(25)30-31-22-12-11-20(29(37)38)15-23(22)32-30/h4,7-15,25,34H,2-3,5-6H2,1H3,(H,31,32)(H,37,38)/b26-24+. The maximum Gasteiger partial charge on any atom is 0.335 e. The van der Waals surface area contributed by atoms with Gasteiger partial charge in [0.15, 0.2) is 0 Å². The second-order valence-corrected chi connectivity index (χ2v) is 9.73. The van der Waals surface area contributed by atoms with Gasteiger partial charge in [-0.25, -0.2) is 9.78 Å². The number of aromatic amines is 1. The fourth-order valence-corrected chi connectivity index (χ4v) is 5.46. The van der Waals surface area contributed by atoms with Gasteiger partial charge in [0.1, 0.15) is 11.5 Å². The molecule has 196 valence electrons. The summed E-state index contributed by atoms with van der Waals surface area (Å²) in [6, 6.07) is 15.9. The predicted octanol–water partition coefficient (Wildman–Crippen LogP) is 4.77. The fourth-order valence-electron chi connectivity index (χ4n) is 5.46. The van der Waals surface area contributed by atoms with Gasteiger partial charge in [0.05, 0.1) is 35.3 Å². The minimum absolute atomic E-state index is 0.0523. The van der Waals surface area contributed by atoms with Gasteiger partial charge in [0.2, 0.25) is 5.95 Å². The average Bonchev–Trinajstić information content (AvgIpc) is 3.49. The van der Waals surface area contributed by atoms with E-state index in [4.69, 9.17) is 4.74 Å². The molecule has 2 aliphatic rings. The maximum atomic E-state index is 13.5. The van der Waals surface area contributed by atoms with E-state index in [0.717, 1.165) is 31.2 Å². The van der Waals surface area contributed by atoms with Gasteiger partial charge in [0, 0.05) is 5.56 Å². The van der Waals surface area contributed by atoms with Gasteiger partial charge in [-0.2, -0.15) is 0 Å². The van der Waals surface area contributed by atoms with E-state index in [2.05, 4.69) is 9.97 Å². The summed E-state index contributed by atoms with van der Waals surface area (Å²) < 4.78 is 5.39. The number of aliphatic hydroxyl groups excluding tert-OH is 1. The van der Waals surface area contributed by atoms with Gasteiger partial charge in [-0.1, -0.05) is 24.3 Å². The second-order valence-electron chi connectivity index (χ2n) is 9.73. The van der Waals surface area contributed by atoms with Gasteiger partial charge in [-0.15, -0.1) is 0 Å². The third-order valence-corrected chi connectivity index (χ3v) is 7.42. The molecule has 1 aliphatic carbocycles. The Kier molecular flexibility index (Phi) is 5.91. The number of ether oxygens (including phenoxy) is 1. The van der Waals surface area contributed by atoms with Crippen LogP contribution in [-0.2, 0) is 22.4 Å². The Morgan fingerprint density at radius 2 is 1.74 bits per heavy atom. The lowest BCUT2D eigenvalue weighted by molar-refractivity contribution is -0.132. The second kappa shape index (κ2) is 9.43. The van der Waals surface area contributed by atoms with E-state index >= 15 is 0 Å². The lowest BCUT2D eigenvalue weighted by atomic mass is 9.88. The topological polar surface area (TPSA) is 133 Å². The molecular weight excluding hydrogens is 498 g/mol. The van der Waals surface area contributed by atoms with Gasteiger partial charge >= 0.3 is 11.9 Å². The number of fused-ring (bicyclic) bond motifs is 2. The molecule has 1 aromatic heterocycles. The molecule has 1 amide bonds. The number of aromatic carboxylic acids is 1. The van der Waals surface area contributed by atoms with Crippen molar-refractivity contribution >= 4 is 40.4 Å². The third-order valence-electron chi connectivity index (χ3n) is 7.42. The van der Waals surface area contributed by atoms with Crippen LogP contribution in [0.5, 0.6) is 5.75 Å². The number of methoxy groups -OCH3 is 1. The number of carboxylic acid groups (broad SMARTS) is 1. The number of carbonyl (C=O) groups excluding carboxylic acids is 2. The molecule has 0 bridgehead atoms. The predicted molar refractivity (Wildman–Crippen MR) is 144 cm³/mol. The monoisotopic (exact) mass is 523 g/mol. The summed E-state index contributed by atoms with van der Waals surface area (Å²) in [4.78, 5) is 47.2. The minimum atomic E-state index is -1.10. The van der Waals surface area contributed by atoms with Crippen molar-refractivity contribution in [3.05, 3.63) is 94.1 Å². The number of nitrogens with one attached hydrogen (secondary N) is 1. The zero-order valence-corrected chi connectivity index (χ0v) is 21.1. The van der Waals surface area contributed by atoms with E-state index in [1.165, 1.54) is 35.8 Å². The number of aromatic nitrogens is 2. The Morgan fingerprint density at radius 1 is 0.974 bits per heavy atom. The number of carbonyl (C=O) groups is 3. The number of aryl methyl sites for hydroxylation is 2. The molecule has 2 heterocycles. The van der Waals surface area contributed by atoms with Crippen molar-refractivity contribution in [1.82, 2.24) is 9.97 Å². The van der Waals surface area contributed by atoms with E-state index in [1.807, 2.05) is 12.1 Å². The molecule has 4 aromatic rings. The summed E-state index contributed by atoms with van der Waals surface area (Å²) in [5.74, 6) is -2.49. The van der Waals surface area contributed by atoms with E-state index < -0.39 is 23.7 Å². The van der Waals surface area contributed by atoms with Crippen LogP contribution in [0.3, 0.4) is 0 Å². The minimum Gasteiger partial charge on any atom is -0.507 e. The van der Waals surface area contributed by atoms with Gasteiger partial charge < -0.3 is 19.9 Å². The summed E-state index contributed by atoms with van der Waals surface area (Å²) >= 11 is 0. The number of amides is 1. The van der Waals surface area contributed by atoms with Crippen molar-refractivity contribution < 1.29 is 29.3 Å². The van der Waals surface area contributed by atoms with Crippen LogP contribution in [0.15, 0.2) is 66.2 Å². The first-order valence-electron chi connectivity index (χ1n) is 12.7. The first kappa shape index (κ1) is 24.4. The van der Waals surface area contributed by atoms with Crippen LogP contribution < -0.4 is 9.64 Å². The first-order chi connectivity index (χ1) is 18.9. The molecule has 9 heteroatoms. The van der Waals surface area contributed by atoms with Crippen LogP contribution in [-0.4, -0.2) is 45.0 Å². The van der Waals surface area contributed by atoms with Crippen LogP contribution in [0.25, 0.3) is 16.8 Å². The number of carboxylic acids is 1. The maximum absolute atomic E-state index is 13.5. The molecule has 0 radical (unpaired) electrons. The Hall–Kier alpha value is -4.92. The van der Waals surface area contributed by atoms with Crippen LogP contribution in [0.2, 0.25) is 0 Å². The van der Waals surface area contributed by atoms with E-state index in [9.17, 15) is 24.6 Å². The molecule has 3 N–H and O–H groups in total. The number of anilines is 1. The van der Waals surface area contributed by atoms with Crippen LogP contribution >= 0.6 is 0 Å². The molecule has 6 rings (SSSR count). The molecule has 1 saturated heterocycles. The smallest absolute Gasteiger partial charge is 0.335 e. The summed E-state index contributed by atoms with van der Waals surface area (Å²) in [5.41, 5.74) is 4.18. The summed E-state index contributed by atoms with van der Waals surface area (Å²) in [6.07, 6.45) is 4.04. The van der Waals surface area contributed by atoms with Crippen LogP contribution in [0.4, 0.5) is 5.95 Å². The largest absolute Gasteiger partial charge is 0.507 e. The molecule has 1 aliphatic heterocycles. The highest BCUT2D eigenvalue weighted by molar-refractivity contribution is 6.51. The van der Waals surface area contributed by atoms with Gasteiger partial charge in [-0.05, 0) is 78.8 Å². The number of benzene rings is 3. The van der Waals surface area contributed by atoms with E-state index in [-0.39, 0.29) is 22.8 Å². The van der Waals surface area contributed by atoms with Crippen molar-refractivity contribution in [3.8, 4) is 5.75 Å². The third kappa shape index (κ3) is 4.12. The Balaban J connectivity index is 1.53.